The molecule has 0 aliphatic heterocycles. The summed E-state index contributed by atoms with van der Waals surface area (Å²) in [5.74, 6) is -1.14. The molecule has 0 radical (unpaired) electrons. The lowest BCUT2D eigenvalue weighted by Gasteiger charge is -2.13. The molecular weight excluding hydrogens is 280 g/mol. The summed E-state index contributed by atoms with van der Waals surface area (Å²) in [6.45, 7) is 1.74. The number of thiazole rings is 1. The Bertz CT molecular complexity index is 653. The molecule has 0 aliphatic rings. The zero-order chi connectivity index (χ0) is 14.7. The van der Waals surface area contributed by atoms with E-state index < -0.39 is 18.0 Å². The maximum atomic E-state index is 12.0. The van der Waals surface area contributed by atoms with Gasteiger partial charge in [0.05, 0.1) is 22.9 Å². The fourth-order valence-corrected chi connectivity index (χ4v) is 2.47. The van der Waals surface area contributed by atoms with E-state index in [1.165, 1.54) is 18.4 Å². The number of nitrogen functional groups attached to an aromatic ring is 1. The van der Waals surface area contributed by atoms with Gasteiger partial charge in [0.1, 0.15) is 0 Å². The minimum Gasteiger partial charge on any atom is -0.466 e. The third-order valence-electron chi connectivity index (χ3n) is 2.72. The van der Waals surface area contributed by atoms with Crippen molar-refractivity contribution in [3.63, 3.8) is 0 Å². The summed E-state index contributed by atoms with van der Waals surface area (Å²) in [7, 11) is 1.25. The molecule has 2 rings (SSSR count). The molecule has 0 spiro atoms. The number of hydrogen-bond acceptors (Lipinski definition) is 7. The van der Waals surface area contributed by atoms with Gasteiger partial charge in [-0.3, -0.25) is 0 Å². The molecule has 1 aromatic heterocycles. The predicted octanol–water partition coefficient (Wildman–Crippen LogP) is 1.99. The van der Waals surface area contributed by atoms with Gasteiger partial charge in [0.25, 0.3) is 0 Å². The lowest BCUT2D eigenvalue weighted by molar-refractivity contribution is -0.151. The first-order chi connectivity index (χ1) is 9.55. The molecule has 2 N–H and O–H groups in total. The lowest BCUT2D eigenvalue weighted by Crippen LogP contribution is -2.27. The molecule has 106 valence electrons. The van der Waals surface area contributed by atoms with Crippen molar-refractivity contribution in [1.29, 1.82) is 0 Å². The van der Waals surface area contributed by atoms with Crippen LogP contribution in [-0.2, 0) is 14.3 Å². The molecule has 6 nitrogen and oxygen atoms in total. The maximum absolute atomic E-state index is 12.0. The van der Waals surface area contributed by atoms with Gasteiger partial charge in [-0.25, -0.2) is 14.6 Å². The Kier molecular flexibility index (Phi) is 4.19. The van der Waals surface area contributed by atoms with Gasteiger partial charge in [0.15, 0.2) is 11.2 Å². The van der Waals surface area contributed by atoms with Gasteiger partial charge in [-0.2, -0.15) is 0 Å². The third kappa shape index (κ3) is 2.88. The summed E-state index contributed by atoms with van der Waals surface area (Å²) in [5, 5.41) is 0.437. The quantitative estimate of drug-likeness (QED) is 0.867. The van der Waals surface area contributed by atoms with Crippen molar-refractivity contribution in [2.24, 2.45) is 0 Å². The summed E-state index contributed by atoms with van der Waals surface area (Å²) >= 11 is 1.29. The van der Waals surface area contributed by atoms with Crippen LogP contribution in [0, 0.1) is 0 Å². The van der Waals surface area contributed by atoms with Gasteiger partial charge in [0, 0.05) is 0 Å². The van der Waals surface area contributed by atoms with E-state index in [1.807, 2.05) is 0 Å². The highest BCUT2D eigenvalue weighted by Gasteiger charge is 2.22. The lowest BCUT2D eigenvalue weighted by atomic mass is 10.2. The van der Waals surface area contributed by atoms with Gasteiger partial charge in [-0.1, -0.05) is 18.3 Å². The van der Waals surface area contributed by atoms with Crippen molar-refractivity contribution in [2.75, 3.05) is 12.8 Å². The van der Waals surface area contributed by atoms with Crippen molar-refractivity contribution in [2.45, 2.75) is 19.4 Å². The fourth-order valence-electron chi connectivity index (χ4n) is 1.70. The number of methoxy groups -OCH3 is 1. The summed E-state index contributed by atoms with van der Waals surface area (Å²) in [6.07, 6.45) is -0.538. The molecule has 0 bridgehead atoms. The van der Waals surface area contributed by atoms with Crippen molar-refractivity contribution in [3.05, 3.63) is 23.8 Å². The van der Waals surface area contributed by atoms with Gasteiger partial charge in [0.2, 0.25) is 0 Å². The molecule has 1 heterocycles. The molecule has 7 heteroatoms. The summed E-state index contributed by atoms with van der Waals surface area (Å²) in [6, 6.07) is 4.93. The van der Waals surface area contributed by atoms with E-state index in [9.17, 15) is 9.59 Å². The normalized spacial score (nSPS) is 12.1. The van der Waals surface area contributed by atoms with Crippen molar-refractivity contribution in [3.8, 4) is 0 Å². The number of nitrogens with two attached hydrogens (primary N) is 1. The number of fused-ring (bicyclic) bond motifs is 1. The molecular formula is C13H14N2O4S. The molecule has 0 amide bonds. The fraction of sp³-hybridized carbons (Fsp3) is 0.308. The smallest absolute Gasteiger partial charge is 0.347 e. The first-order valence-electron chi connectivity index (χ1n) is 6.00. The van der Waals surface area contributed by atoms with Crippen LogP contribution in [0.25, 0.3) is 10.2 Å². The van der Waals surface area contributed by atoms with E-state index in [4.69, 9.17) is 10.5 Å². The number of carbonyl (C=O) groups is 2. The number of ether oxygens (including phenoxy) is 2. The maximum Gasteiger partial charge on any atom is 0.347 e. The zero-order valence-corrected chi connectivity index (χ0v) is 11.9. The standard InChI is InChI=1S/C13H14N2O4S/c1-3-9(12(17)18-2)19-11(16)7-4-5-8-10(6-7)20-13(14)15-8/h4-6,9H,3H2,1-2H3,(H2,14,15). The van der Waals surface area contributed by atoms with Crippen LogP contribution in [-0.4, -0.2) is 30.1 Å². The molecule has 0 fully saturated rings. The molecule has 2 aromatic rings. The van der Waals surface area contributed by atoms with Crippen LogP contribution in [0.2, 0.25) is 0 Å². The van der Waals surface area contributed by atoms with E-state index in [0.29, 0.717) is 17.1 Å². The Morgan fingerprint density at radius 3 is 2.85 bits per heavy atom. The third-order valence-corrected chi connectivity index (χ3v) is 3.57. The average Bonchev–Trinajstić information content (AvgIpc) is 2.82. The van der Waals surface area contributed by atoms with E-state index >= 15 is 0 Å². The second-order valence-electron chi connectivity index (χ2n) is 4.06. The summed E-state index contributed by atoms with van der Waals surface area (Å²) in [5.41, 5.74) is 6.68. The molecule has 1 atom stereocenters. The van der Waals surface area contributed by atoms with Crippen LogP contribution in [0.15, 0.2) is 18.2 Å². The number of hydrogen-bond donors (Lipinski definition) is 1. The molecule has 0 saturated carbocycles. The van der Waals surface area contributed by atoms with Crippen LogP contribution in [0.3, 0.4) is 0 Å². The van der Waals surface area contributed by atoms with E-state index in [-0.39, 0.29) is 0 Å². The monoisotopic (exact) mass is 294 g/mol. The minimum atomic E-state index is -0.894. The highest BCUT2D eigenvalue weighted by atomic mass is 32.1. The van der Waals surface area contributed by atoms with Crippen molar-refractivity contribution < 1.29 is 19.1 Å². The Hall–Kier alpha value is -2.15. The van der Waals surface area contributed by atoms with Crippen molar-refractivity contribution >= 4 is 38.6 Å². The predicted molar refractivity (Wildman–Crippen MR) is 75.5 cm³/mol. The number of rotatable bonds is 4. The number of carbonyl (C=O) groups excluding carboxylic acids is 2. The molecule has 20 heavy (non-hydrogen) atoms. The molecule has 1 aromatic carbocycles. The van der Waals surface area contributed by atoms with Crippen LogP contribution >= 0.6 is 11.3 Å². The van der Waals surface area contributed by atoms with E-state index in [2.05, 4.69) is 9.72 Å². The first kappa shape index (κ1) is 14.3. The Morgan fingerprint density at radius 1 is 1.45 bits per heavy atom. The van der Waals surface area contributed by atoms with Crippen LogP contribution in [0.5, 0.6) is 0 Å². The van der Waals surface area contributed by atoms with Gasteiger partial charge < -0.3 is 15.2 Å². The Balaban J connectivity index is 2.20. The molecule has 0 saturated heterocycles. The minimum absolute atomic E-state index is 0.350. The molecule has 1 unspecified atom stereocenters. The van der Waals surface area contributed by atoms with Gasteiger partial charge in [-0.15, -0.1) is 0 Å². The number of esters is 2. The second kappa shape index (κ2) is 5.87. The molecule has 0 aliphatic carbocycles. The Morgan fingerprint density at radius 2 is 2.20 bits per heavy atom. The average molecular weight is 294 g/mol. The Labute approximate surface area is 119 Å². The number of benzene rings is 1. The van der Waals surface area contributed by atoms with E-state index in [1.54, 1.807) is 25.1 Å². The number of aromatic nitrogens is 1. The highest BCUT2D eigenvalue weighted by molar-refractivity contribution is 7.22. The summed E-state index contributed by atoms with van der Waals surface area (Å²) < 4.78 is 10.5. The second-order valence-corrected chi connectivity index (χ2v) is 5.12. The number of nitrogens with zero attached hydrogens (tertiary/aromatic N) is 1. The van der Waals surface area contributed by atoms with Gasteiger partial charge >= 0.3 is 11.9 Å². The largest absolute Gasteiger partial charge is 0.466 e. The number of anilines is 1. The van der Waals surface area contributed by atoms with Crippen LogP contribution < -0.4 is 5.73 Å². The summed E-state index contributed by atoms with van der Waals surface area (Å²) in [4.78, 5) is 27.5. The van der Waals surface area contributed by atoms with Crippen molar-refractivity contribution in [1.82, 2.24) is 4.98 Å². The van der Waals surface area contributed by atoms with Gasteiger partial charge in [-0.05, 0) is 24.6 Å². The first-order valence-corrected chi connectivity index (χ1v) is 6.81. The van der Waals surface area contributed by atoms with Crippen LogP contribution in [0.4, 0.5) is 5.13 Å². The zero-order valence-electron chi connectivity index (χ0n) is 11.1. The SMILES string of the molecule is CCC(OC(=O)c1ccc2nc(N)sc2c1)C(=O)OC. The highest BCUT2D eigenvalue weighted by Crippen LogP contribution is 2.25. The van der Waals surface area contributed by atoms with E-state index in [0.717, 1.165) is 10.2 Å². The van der Waals surface area contributed by atoms with Crippen LogP contribution in [0.1, 0.15) is 23.7 Å². The topological polar surface area (TPSA) is 91.5 Å².